The largest absolute Gasteiger partial charge is 0.472 e. The van der Waals surface area contributed by atoms with E-state index in [0.29, 0.717) is 12.2 Å². The van der Waals surface area contributed by atoms with Gasteiger partial charge in [0.15, 0.2) is 0 Å². The Morgan fingerprint density at radius 2 is 1.96 bits per heavy atom. The van der Waals surface area contributed by atoms with Gasteiger partial charge in [-0.1, -0.05) is 41.0 Å². The van der Waals surface area contributed by atoms with Crippen LogP contribution in [0.2, 0.25) is 0 Å². The fraction of sp³-hybridized carbons (Fsp3) is 0.762. The molecule has 2 fully saturated rings. The summed E-state index contributed by atoms with van der Waals surface area (Å²) in [6.07, 6.45) is 8.02. The molecule has 0 unspecified atom stereocenters. The van der Waals surface area contributed by atoms with Crippen LogP contribution in [0.3, 0.4) is 0 Å². The number of hydrogen-bond donors (Lipinski definition) is 1. The van der Waals surface area contributed by atoms with E-state index in [1.54, 1.807) is 12.5 Å². The number of fused-ring (bicyclic) bond motifs is 1. The van der Waals surface area contributed by atoms with Crippen LogP contribution in [-0.2, 0) is 11.2 Å². The lowest BCUT2D eigenvalue weighted by atomic mass is 9.42. The van der Waals surface area contributed by atoms with Crippen LogP contribution in [0.5, 0.6) is 0 Å². The molecule has 5 atom stereocenters. The van der Waals surface area contributed by atoms with Crippen LogP contribution in [0.15, 0.2) is 23.0 Å². The summed E-state index contributed by atoms with van der Waals surface area (Å²) >= 11 is 0. The number of aliphatic hydroxyl groups is 1. The summed E-state index contributed by atoms with van der Waals surface area (Å²) < 4.78 is 5.18. The van der Waals surface area contributed by atoms with Gasteiger partial charge in [-0.05, 0) is 48.6 Å². The summed E-state index contributed by atoms with van der Waals surface area (Å²) in [7, 11) is 0. The third-order valence-electron chi connectivity index (χ3n) is 7.54. The van der Waals surface area contributed by atoms with Crippen molar-refractivity contribution in [1.82, 2.24) is 0 Å². The zero-order valence-corrected chi connectivity index (χ0v) is 15.8. The molecule has 3 rings (SSSR count). The van der Waals surface area contributed by atoms with Crippen LogP contribution < -0.4 is 0 Å². The monoisotopic (exact) mass is 332 g/mol. The van der Waals surface area contributed by atoms with Crippen molar-refractivity contribution < 1.29 is 14.3 Å². The van der Waals surface area contributed by atoms with Gasteiger partial charge >= 0.3 is 0 Å². The fourth-order valence-electron chi connectivity index (χ4n) is 5.95. The maximum absolute atomic E-state index is 13.2. The molecule has 0 bridgehead atoms. The lowest BCUT2D eigenvalue weighted by molar-refractivity contribution is -0.219. The summed E-state index contributed by atoms with van der Waals surface area (Å²) in [5.74, 6) is 0.198. The lowest BCUT2D eigenvalue weighted by Gasteiger charge is -2.63. The van der Waals surface area contributed by atoms with E-state index >= 15 is 0 Å². The molecule has 1 aromatic heterocycles. The van der Waals surface area contributed by atoms with Gasteiger partial charge in [-0.25, -0.2) is 0 Å². The molecular weight excluding hydrogens is 300 g/mol. The van der Waals surface area contributed by atoms with Gasteiger partial charge in [0.05, 0.1) is 18.1 Å². The summed E-state index contributed by atoms with van der Waals surface area (Å²) in [5, 5.41) is 11.9. The fourth-order valence-corrected chi connectivity index (χ4v) is 5.95. The van der Waals surface area contributed by atoms with Crippen molar-refractivity contribution >= 4 is 5.78 Å². The van der Waals surface area contributed by atoms with Crippen molar-refractivity contribution in [1.29, 1.82) is 0 Å². The Labute approximate surface area is 145 Å². The maximum atomic E-state index is 13.2. The Hall–Kier alpha value is -1.09. The average molecular weight is 332 g/mol. The SMILES string of the molecule is C[C@@H]1[C@@H](C)C(=O)[C@H]2C(C)(C)CCC[C@]2(C)[C@@]1(O)CCc1ccoc1. The molecule has 1 N–H and O–H groups in total. The average Bonchev–Trinajstić information content (AvgIpc) is 3.02. The Bertz CT molecular complexity index is 603. The molecule has 3 heteroatoms. The zero-order chi connectivity index (χ0) is 17.8. The van der Waals surface area contributed by atoms with Gasteiger partial charge in [-0.2, -0.15) is 0 Å². The number of hydrogen-bond acceptors (Lipinski definition) is 3. The minimum Gasteiger partial charge on any atom is -0.472 e. The highest BCUT2D eigenvalue weighted by molar-refractivity contribution is 5.86. The molecule has 24 heavy (non-hydrogen) atoms. The molecule has 3 nitrogen and oxygen atoms in total. The quantitative estimate of drug-likeness (QED) is 0.878. The molecule has 2 aliphatic carbocycles. The van der Waals surface area contributed by atoms with Gasteiger partial charge in [0.25, 0.3) is 0 Å². The smallest absolute Gasteiger partial charge is 0.140 e. The van der Waals surface area contributed by atoms with Crippen molar-refractivity contribution in [2.75, 3.05) is 0 Å². The van der Waals surface area contributed by atoms with Crippen molar-refractivity contribution in [2.45, 2.75) is 72.3 Å². The van der Waals surface area contributed by atoms with Gasteiger partial charge in [0, 0.05) is 17.3 Å². The van der Waals surface area contributed by atoms with E-state index in [2.05, 4.69) is 27.7 Å². The van der Waals surface area contributed by atoms with Gasteiger partial charge in [-0.3, -0.25) is 4.79 Å². The molecule has 2 aliphatic rings. The molecule has 1 heterocycles. The van der Waals surface area contributed by atoms with Crippen molar-refractivity contribution in [2.24, 2.45) is 28.6 Å². The molecule has 0 spiro atoms. The first-order valence-corrected chi connectivity index (χ1v) is 9.41. The highest BCUT2D eigenvalue weighted by Gasteiger charge is 2.65. The third-order valence-corrected chi connectivity index (χ3v) is 7.54. The molecule has 0 radical (unpaired) electrons. The normalized spacial score (nSPS) is 41.9. The maximum Gasteiger partial charge on any atom is 0.140 e. The van der Waals surface area contributed by atoms with Crippen LogP contribution in [-0.4, -0.2) is 16.5 Å². The Morgan fingerprint density at radius 3 is 2.58 bits per heavy atom. The molecular formula is C21H32O3. The number of Topliss-reactive ketones (excluding diaryl/α,β-unsaturated/α-hetero) is 1. The van der Waals surface area contributed by atoms with Crippen molar-refractivity contribution in [3.63, 3.8) is 0 Å². The van der Waals surface area contributed by atoms with Gasteiger partial charge in [0.2, 0.25) is 0 Å². The van der Waals surface area contributed by atoms with Crippen LogP contribution in [0.1, 0.15) is 65.9 Å². The predicted octanol–water partition coefficient (Wildman–Crippen LogP) is 4.63. The number of carbonyl (C=O) groups excluding carboxylic acids is 1. The Kier molecular flexibility index (Phi) is 4.23. The number of ketones is 1. The van der Waals surface area contributed by atoms with E-state index < -0.39 is 5.60 Å². The van der Waals surface area contributed by atoms with Crippen LogP contribution in [0, 0.1) is 28.6 Å². The van der Waals surface area contributed by atoms with Crippen molar-refractivity contribution in [3.8, 4) is 0 Å². The number of aryl methyl sites for hydroxylation is 1. The van der Waals surface area contributed by atoms with Crippen LogP contribution >= 0.6 is 0 Å². The predicted molar refractivity (Wildman–Crippen MR) is 94.5 cm³/mol. The van der Waals surface area contributed by atoms with E-state index in [9.17, 15) is 9.90 Å². The highest BCUT2D eigenvalue weighted by atomic mass is 16.3. The van der Waals surface area contributed by atoms with E-state index in [-0.39, 0.29) is 28.6 Å². The number of furan rings is 1. The molecule has 1 aromatic rings. The van der Waals surface area contributed by atoms with Gasteiger partial charge < -0.3 is 9.52 Å². The van der Waals surface area contributed by atoms with Crippen LogP contribution in [0.4, 0.5) is 0 Å². The number of carbonyl (C=O) groups is 1. The highest BCUT2D eigenvalue weighted by Crippen LogP contribution is 2.63. The second kappa shape index (κ2) is 5.72. The van der Waals surface area contributed by atoms with Crippen molar-refractivity contribution in [3.05, 3.63) is 24.2 Å². The molecule has 0 aromatic carbocycles. The first kappa shape index (κ1) is 17.7. The minimum atomic E-state index is -0.819. The summed E-state index contributed by atoms with van der Waals surface area (Å²) in [5.41, 5.74) is -0.0841. The third kappa shape index (κ3) is 2.39. The molecule has 0 saturated heterocycles. The minimum absolute atomic E-state index is 0.0212. The first-order chi connectivity index (χ1) is 11.1. The summed E-state index contributed by atoms with van der Waals surface area (Å²) in [6, 6.07) is 1.97. The first-order valence-electron chi connectivity index (χ1n) is 9.41. The van der Waals surface area contributed by atoms with E-state index in [1.165, 1.54) is 0 Å². The second-order valence-electron chi connectivity index (χ2n) is 9.23. The molecule has 0 aliphatic heterocycles. The van der Waals surface area contributed by atoms with Gasteiger partial charge in [0.1, 0.15) is 5.78 Å². The van der Waals surface area contributed by atoms with E-state index in [4.69, 9.17) is 4.42 Å². The van der Waals surface area contributed by atoms with E-state index in [0.717, 1.165) is 31.2 Å². The topological polar surface area (TPSA) is 50.4 Å². The summed E-state index contributed by atoms with van der Waals surface area (Å²) in [6.45, 7) is 10.7. The Balaban J connectivity index is 2.00. The molecule has 2 saturated carbocycles. The zero-order valence-electron chi connectivity index (χ0n) is 15.8. The standard InChI is InChI=1S/C21H32O3/c1-14-15(2)21(23,11-7-16-8-12-24-13-16)20(5)10-6-9-19(3,4)18(20)17(14)22/h8,12-15,18,23H,6-7,9-11H2,1-5H3/t14-,15-,18+,20+,21-/m1/s1. The van der Waals surface area contributed by atoms with Gasteiger partial charge in [-0.15, -0.1) is 0 Å². The Morgan fingerprint density at radius 1 is 1.25 bits per heavy atom. The van der Waals surface area contributed by atoms with E-state index in [1.807, 2.05) is 13.0 Å². The van der Waals surface area contributed by atoms with Crippen LogP contribution in [0.25, 0.3) is 0 Å². The second-order valence-corrected chi connectivity index (χ2v) is 9.23. The number of rotatable bonds is 3. The molecule has 134 valence electrons. The summed E-state index contributed by atoms with van der Waals surface area (Å²) in [4.78, 5) is 13.2. The lowest BCUT2D eigenvalue weighted by Crippen LogP contribution is -2.67. The molecule has 0 amide bonds.